The number of aromatic nitrogens is 2. The molecule has 5 heteroatoms. The Bertz CT molecular complexity index is 374. The van der Waals surface area contributed by atoms with Crippen molar-refractivity contribution in [2.45, 2.75) is 6.42 Å². The first kappa shape index (κ1) is 11.1. The number of aryl methyl sites for hydroxylation is 1. The van der Waals surface area contributed by atoms with E-state index in [1.54, 1.807) is 16.9 Å². The second-order valence-electron chi connectivity index (χ2n) is 4.34. The topological polar surface area (TPSA) is 50.2 Å². The highest BCUT2D eigenvalue weighted by molar-refractivity contribution is 5.92. The number of rotatable bonds is 3. The van der Waals surface area contributed by atoms with Gasteiger partial charge in [-0.3, -0.25) is 9.48 Å². The summed E-state index contributed by atoms with van der Waals surface area (Å²) in [5.41, 5.74) is 0.549. The van der Waals surface area contributed by atoms with E-state index in [1.165, 1.54) is 0 Å². The lowest BCUT2D eigenvalue weighted by atomic mass is 10.1. The van der Waals surface area contributed by atoms with E-state index in [1.807, 2.05) is 19.0 Å². The van der Waals surface area contributed by atoms with E-state index < -0.39 is 0 Å². The fourth-order valence-corrected chi connectivity index (χ4v) is 2.16. The molecular formula is C11H18N4O. The van der Waals surface area contributed by atoms with E-state index in [9.17, 15) is 4.79 Å². The summed E-state index contributed by atoms with van der Waals surface area (Å²) in [7, 11) is 3.77. The Hall–Kier alpha value is -1.36. The number of carbonyl (C=O) groups is 1. The molecule has 0 radical (unpaired) electrons. The first-order chi connectivity index (χ1) is 7.70. The van der Waals surface area contributed by atoms with Gasteiger partial charge in [0.1, 0.15) is 5.69 Å². The summed E-state index contributed by atoms with van der Waals surface area (Å²) in [5, 5.41) is 7.29. The monoisotopic (exact) mass is 222 g/mol. The second kappa shape index (κ2) is 4.65. The molecule has 0 aromatic carbocycles. The third kappa shape index (κ3) is 2.24. The molecule has 88 valence electrons. The Morgan fingerprint density at radius 1 is 1.69 bits per heavy atom. The second-order valence-corrected chi connectivity index (χ2v) is 4.34. The molecule has 0 aliphatic carbocycles. The lowest BCUT2D eigenvalue weighted by molar-refractivity contribution is 0.0780. The molecule has 2 heterocycles. The zero-order valence-corrected chi connectivity index (χ0v) is 9.81. The highest BCUT2D eigenvalue weighted by atomic mass is 16.2. The molecule has 5 nitrogen and oxygen atoms in total. The van der Waals surface area contributed by atoms with E-state index in [0.29, 0.717) is 11.6 Å². The Morgan fingerprint density at radius 3 is 3.12 bits per heavy atom. The Labute approximate surface area is 95.4 Å². The highest BCUT2D eigenvalue weighted by Crippen LogP contribution is 2.17. The third-order valence-electron chi connectivity index (χ3n) is 3.00. The van der Waals surface area contributed by atoms with Crippen LogP contribution in [0.5, 0.6) is 0 Å². The minimum Gasteiger partial charge on any atom is -0.337 e. The number of nitrogens with one attached hydrogen (secondary N) is 1. The minimum absolute atomic E-state index is 0.0548. The zero-order chi connectivity index (χ0) is 11.5. The Morgan fingerprint density at radius 2 is 2.50 bits per heavy atom. The van der Waals surface area contributed by atoms with E-state index in [0.717, 1.165) is 26.1 Å². The van der Waals surface area contributed by atoms with Crippen molar-refractivity contribution < 1.29 is 4.79 Å². The molecule has 1 aromatic rings. The molecular weight excluding hydrogens is 204 g/mol. The van der Waals surface area contributed by atoms with Crippen molar-refractivity contribution in [3.8, 4) is 0 Å². The largest absolute Gasteiger partial charge is 0.337 e. The standard InChI is InChI=1S/C11H18N4O/c1-12-7-9-3-6-15(8-9)11(16)10-4-5-14(2)13-10/h4-5,9,12H,3,6-8H2,1-2H3. The van der Waals surface area contributed by atoms with E-state index in [2.05, 4.69) is 10.4 Å². The van der Waals surface area contributed by atoms with Gasteiger partial charge in [-0.25, -0.2) is 0 Å². The van der Waals surface area contributed by atoms with Gasteiger partial charge in [-0.05, 0) is 32.0 Å². The van der Waals surface area contributed by atoms with Crippen molar-refractivity contribution in [1.82, 2.24) is 20.0 Å². The molecule has 16 heavy (non-hydrogen) atoms. The van der Waals surface area contributed by atoms with Crippen molar-refractivity contribution in [2.75, 3.05) is 26.7 Å². The maximum absolute atomic E-state index is 12.0. The van der Waals surface area contributed by atoms with Gasteiger partial charge in [0.2, 0.25) is 0 Å². The van der Waals surface area contributed by atoms with Crippen molar-refractivity contribution in [1.29, 1.82) is 0 Å². The van der Waals surface area contributed by atoms with Gasteiger partial charge in [-0.15, -0.1) is 0 Å². The summed E-state index contributed by atoms with van der Waals surface area (Å²) in [6, 6.07) is 1.77. The van der Waals surface area contributed by atoms with Gasteiger partial charge in [0.15, 0.2) is 0 Å². The predicted molar refractivity (Wildman–Crippen MR) is 61.1 cm³/mol. The quantitative estimate of drug-likeness (QED) is 0.789. The Balaban J connectivity index is 1.97. The minimum atomic E-state index is 0.0548. The molecule has 1 atom stereocenters. The van der Waals surface area contributed by atoms with Crippen molar-refractivity contribution in [3.05, 3.63) is 18.0 Å². The summed E-state index contributed by atoms with van der Waals surface area (Å²) in [6.07, 6.45) is 2.88. The number of carbonyl (C=O) groups excluding carboxylic acids is 1. The maximum atomic E-state index is 12.0. The first-order valence-corrected chi connectivity index (χ1v) is 5.64. The zero-order valence-electron chi connectivity index (χ0n) is 9.81. The van der Waals surface area contributed by atoms with Crippen LogP contribution in [0.3, 0.4) is 0 Å². The van der Waals surface area contributed by atoms with Crippen LogP contribution in [0.2, 0.25) is 0 Å². The predicted octanol–water partition coefficient (Wildman–Crippen LogP) is 0.102. The van der Waals surface area contributed by atoms with Crippen LogP contribution in [-0.2, 0) is 7.05 Å². The molecule has 0 saturated carbocycles. The van der Waals surface area contributed by atoms with Gasteiger partial charge < -0.3 is 10.2 Å². The van der Waals surface area contributed by atoms with Crippen LogP contribution in [0.1, 0.15) is 16.9 Å². The van der Waals surface area contributed by atoms with Gasteiger partial charge in [-0.1, -0.05) is 0 Å². The molecule has 0 spiro atoms. The first-order valence-electron chi connectivity index (χ1n) is 5.64. The van der Waals surface area contributed by atoms with Gasteiger partial charge in [-0.2, -0.15) is 5.10 Å². The highest BCUT2D eigenvalue weighted by Gasteiger charge is 2.27. The molecule has 1 aliphatic rings. The lowest BCUT2D eigenvalue weighted by Crippen LogP contribution is -2.30. The van der Waals surface area contributed by atoms with Crippen molar-refractivity contribution in [3.63, 3.8) is 0 Å². The number of hydrogen-bond donors (Lipinski definition) is 1. The van der Waals surface area contributed by atoms with E-state index in [-0.39, 0.29) is 5.91 Å². The van der Waals surface area contributed by atoms with E-state index in [4.69, 9.17) is 0 Å². The maximum Gasteiger partial charge on any atom is 0.274 e. The van der Waals surface area contributed by atoms with Gasteiger partial charge in [0.05, 0.1) is 0 Å². The smallest absolute Gasteiger partial charge is 0.274 e. The molecule has 2 rings (SSSR count). The van der Waals surface area contributed by atoms with Gasteiger partial charge >= 0.3 is 0 Å². The van der Waals surface area contributed by atoms with Crippen LogP contribution in [0.4, 0.5) is 0 Å². The van der Waals surface area contributed by atoms with Crippen molar-refractivity contribution in [2.24, 2.45) is 13.0 Å². The number of likely N-dealkylation sites (tertiary alicyclic amines) is 1. The molecule has 1 amide bonds. The fraction of sp³-hybridized carbons (Fsp3) is 0.636. The normalized spacial score (nSPS) is 20.4. The molecule has 1 saturated heterocycles. The number of hydrogen-bond acceptors (Lipinski definition) is 3. The third-order valence-corrected chi connectivity index (χ3v) is 3.00. The van der Waals surface area contributed by atoms with Gasteiger partial charge in [0, 0.05) is 26.3 Å². The van der Waals surface area contributed by atoms with Crippen LogP contribution in [0, 0.1) is 5.92 Å². The average molecular weight is 222 g/mol. The molecule has 0 bridgehead atoms. The van der Waals surface area contributed by atoms with Crippen LogP contribution in [0.25, 0.3) is 0 Å². The van der Waals surface area contributed by atoms with Crippen LogP contribution >= 0.6 is 0 Å². The summed E-state index contributed by atoms with van der Waals surface area (Å²) < 4.78 is 1.66. The fourth-order valence-electron chi connectivity index (χ4n) is 2.16. The average Bonchev–Trinajstić information content (AvgIpc) is 2.87. The molecule has 1 N–H and O–H groups in total. The van der Waals surface area contributed by atoms with Crippen LogP contribution in [0.15, 0.2) is 12.3 Å². The summed E-state index contributed by atoms with van der Waals surface area (Å²) in [4.78, 5) is 13.9. The lowest BCUT2D eigenvalue weighted by Gasteiger charge is -2.14. The number of amides is 1. The summed E-state index contributed by atoms with van der Waals surface area (Å²) >= 11 is 0. The molecule has 1 unspecified atom stereocenters. The summed E-state index contributed by atoms with van der Waals surface area (Å²) in [6.45, 7) is 2.67. The molecule has 1 aromatic heterocycles. The molecule has 1 aliphatic heterocycles. The van der Waals surface area contributed by atoms with E-state index >= 15 is 0 Å². The number of nitrogens with zero attached hydrogens (tertiary/aromatic N) is 3. The molecule has 1 fully saturated rings. The van der Waals surface area contributed by atoms with Gasteiger partial charge in [0.25, 0.3) is 5.91 Å². The van der Waals surface area contributed by atoms with Crippen molar-refractivity contribution >= 4 is 5.91 Å². The van der Waals surface area contributed by atoms with Crippen LogP contribution < -0.4 is 5.32 Å². The SMILES string of the molecule is CNCC1CCN(C(=O)c2ccn(C)n2)C1. The van der Waals surface area contributed by atoms with Crippen LogP contribution in [-0.4, -0.2) is 47.3 Å². The summed E-state index contributed by atoms with van der Waals surface area (Å²) in [5.74, 6) is 0.636. The Kier molecular flexibility index (Phi) is 3.24.